The molecule has 0 aromatic heterocycles. The lowest BCUT2D eigenvalue weighted by Crippen LogP contribution is -2.51. The summed E-state index contributed by atoms with van der Waals surface area (Å²) in [6.07, 6.45) is 0. The lowest BCUT2D eigenvalue weighted by molar-refractivity contribution is -0.131. The lowest BCUT2D eigenvalue weighted by Gasteiger charge is -2.37. The first kappa shape index (κ1) is 26.3. The highest BCUT2D eigenvalue weighted by Crippen LogP contribution is 2.26. The maximum absolute atomic E-state index is 14.5. The minimum Gasteiger partial charge on any atom is -0.368 e. The summed E-state index contributed by atoms with van der Waals surface area (Å²) in [7, 11) is -4.19. The van der Waals surface area contributed by atoms with Gasteiger partial charge in [0.2, 0.25) is 15.9 Å². The second-order valence-electron chi connectivity index (χ2n) is 8.27. The molecule has 0 saturated carbocycles. The fraction of sp³-hybridized carbons (Fsp3) is 0.240. The molecule has 6 nitrogen and oxygen atoms in total. The van der Waals surface area contributed by atoms with Gasteiger partial charge in [-0.15, -0.1) is 0 Å². The highest BCUT2D eigenvalue weighted by Gasteiger charge is 2.31. The normalized spacial score (nSPS) is 14.4. The number of nitrogens with zero attached hydrogens (tertiary/aromatic N) is 3. The highest BCUT2D eigenvalue weighted by molar-refractivity contribution is 7.89. The maximum Gasteiger partial charge on any atom is 0.243 e. The number of hydrogen-bond acceptors (Lipinski definition) is 4. The number of halogens is 4. The zero-order valence-electron chi connectivity index (χ0n) is 19.1. The van der Waals surface area contributed by atoms with Gasteiger partial charge in [0.25, 0.3) is 0 Å². The number of rotatable bonds is 7. The van der Waals surface area contributed by atoms with Crippen LogP contribution in [0.1, 0.15) is 5.56 Å². The molecule has 11 heteroatoms. The molecule has 0 bridgehead atoms. The molecule has 1 aliphatic rings. The molecule has 1 saturated heterocycles. The van der Waals surface area contributed by atoms with Crippen LogP contribution in [-0.2, 0) is 21.4 Å². The van der Waals surface area contributed by atoms with E-state index in [9.17, 15) is 22.0 Å². The van der Waals surface area contributed by atoms with E-state index in [0.29, 0.717) is 31.2 Å². The Balaban J connectivity index is 1.53. The van der Waals surface area contributed by atoms with Gasteiger partial charge in [-0.1, -0.05) is 29.3 Å². The van der Waals surface area contributed by atoms with E-state index in [4.69, 9.17) is 23.2 Å². The Morgan fingerprint density at radius 3 is 2.14 bits per heavy atom. The second-order valence-corrected chi connectivity index (χ2v) is 11.1. The van der Waals surface area contributed by atoms with Gasteiger partial charge in [0, 0.05) is 54.0 Å². The largest absolute Gasteiger partial charge is 0.368 e. The molecular weight excluding hydrogens is 531 g/mol. The molecule has 0 atom stereocenters. The molecule has 1 amide bonds. The smallest absolute Gasteiger partial charge is 0.243 e. The van der Waals surface area contributed by atoms with E-state index < -0.39 is 34.8 Å². The summed E-state index contributed by atoms with van der Waals surface area (Å²) in [5.74, 6) is -1.41. The average molecular weight is 554 g/mol. The Bertz CT molecular complexity index is 1310. The third-order valence-corrected chi connectivity index (χ3v) is 8.40. The molecule has 0 N–H and O–H groups in total. The van der Waals surface area contributed by atoms with Gasteiger partial charge in [-0.05, 0) is 60.7 Å². The van der Waals surface area contributed by atoms with Gasteiger partial charge in [0.05, 0.1) is 11.4 Å². The van der Waals surface area contributed by atoms with E-state index in [1.165, 1.54) is 54.6 Å². The summed E-state index contributed by atoms with van der Waals surface area (Å²) < 4.78 is 55.6. The van der Waals surface area contributed by atoms with Gasteiger partial charge in [-0.3, -0.25) is 4.79 Å². The number of sulfonamides is 1. The Kier molecular flexibility index (Phi) is 8.14. The van der Waals surface area contributed by atoms with Gasteiger partial charge < -0.3 is 9.80 Å². The molecule has 3 aromatic rings. The van der Waals surface area contributed by atoms with Gasteiger partial charge in [0.15, 0.2) is 0 Å². The van der Waals surface area contributed by atoms with Crippen molar-refractivity contribution in [1.82, 2.24) is 9.21 Å². The summed E-state index contributed by atoms with van der Waals surface area (Å²) in [6, 6.07) is 15.7. The van der Waals surface area contributed by atoms with Crippen LogP contribution in [0.4, 0.5) is 14.5 Å². The molecule has 1 aliphatic heterocycles. The van der Waals surface area contributed by atoms with Gasteiger partial charge in [0.1, 0.15) is 11.6 Å². The summed E-state index contributed by atoms with van der Waals surface area (Å²) in [4.78, 5) is 16.7. The first-order valence-corrected chi connectivity index (χ1v) is 13.3. The first-order valence-electron chi connectivity index (χ1n) is 11.1. The summed E-state index contributed by atoms with van der Waals surface area (Å²) in [5.41, 5.74) is 0.815. The van der Waals surface area contributed by atoms with Crippen molar-refractivity contribution in [3.63, 3.8) is 0 Å². The topological polar surface area (TPSA) is 60.9 Å². The van der Waals surface area contributed by atoms with Crippen LogP contribution in [0.5, 0.6) is 0 Å². The third-order valence-electron chi connectivity index (χ3n) is 5.98. The summed E-state index contributed by atoms with van der Waals surface area (Å²) in [6.45, 7) is 0.793. The van der Waals surface area contributed by atoms with Gasteiger partial charge in [-0.2, -0.15) is 4.31 Å². The quantitative estimate of drug-likeness (QED) is 0.421. The Morgan fingerprint density at radius 2 is 1.53 bits per heavy atom. The number of piperazine rings is 1. The summed E-state index contributed by atoms with van der Waals surface area (Å²) >= 11 is 12.1. The van der Waals surface area contributed by atoms with E-state index in [1.807, 2.05) is 4.90 Å². The number of carbonyl (C=O) groups is 1. The first-order chi connectivity index (χ1) is 17.1. The van der Waals surface area contributed by atoms with E-state index in [0.717, 1.165) is 9.99 Å². The van der Waals surface area contributed by atoms with Crippen molar-refractivity contribution in [3.8, 4) is 0 Å². The van der Waals surface area contributed by atoms with Crippen molar-refractivity contribution in [1.29, 1.82) is 0 Å². The molecule has 36 heavy (non-hydrogen) atoms. The molecule has 0 radical (unpaired) electrons. The fourth-order valence-corrected chi connectivity index (χ4v) is 5.66. The standard InChI is InChI=1S/C25H23Cl2F2N3O3S/c26-18-4-10-21(11-5-18)36(34,35)32(16-22-23(27)2-1-3-24(22)29)17-25(33)31-14-12-30(13-15-31)20-8-6-19(28)7-9-20/h1-11H,12-17H2. The van der Waals surface area contributed by atoms with Crippen LogP contribution >= 0.6 is 23.2 Å². The predicted molar refractivity (Wildman–Crippen MR) is 136 cm³/mol. The van der Waals surface area contributed by atoms with Crippen LogP contribution in [-0.4, -0.2) is 56.3 Å². The molecule has 0 unspecified atom stereocenters. The number of amides is 1. The number of benzene rings is 3. The van der Waals surface area contributed by atoms with Crippen LogP contribution in [0.2, 0.25) is 10.0 Å². The van der Waals surface area contributed by atoms with Crippen molar-refractivity contribution in [3.05, 3.63) is 94.0 Å². The summed E-state index contributed by atoms with van der Waals surface area (Å²) in [5, 5.41) is 0.416. The fourth-order valence-electron chi connectivity index (χ4n) is 3.96. The molecule has 190 valence electrons. The molecular formula is C25H23Cl2F2N3O3S. The Hall–Kier alpha value is -2.72. The number of carbonyl (C=O) groups excluding carboxylic acids is 1. The van der Waals surface area contributed by atoms with Crippen LogP contribution in [0.15, 0.2) is 71.6 Å². The van der Waals surface area contributed by atoms with Crippen LogP contribution in [0.25, 0.3) is 0 Å². The molecule has 4 rings (SSSR count). The van der Waals surface area contributed by atoms with E-state index >= 15 is 0 Å². The van der Waals surface area contributed by atoms with Crippen LogP contribution in [0, 0.1) is 11.6 Å². The van der Waals surface area contributed by atoms with Crippen molar-refractivity contribution < 1.29 is 22.0 Å². The van der Waals surface area contributed by atoms with Crippen molar-refractivity contribution in [2.24, 2.45) is 0 Å². The molecule has 1 heterocycles. The van der Waals surface area contributed by atoms with Crippen molar-refractivity contribution in [2.45, 2.75) is 11.4 Å². The molecule has 0 aliphatic carbocycles. The molecule has 3 aromatic carbocycles. The second kappa shape index (κ2) is 11.1. The number of hydrogen-bond donors (Lipinski definition) is 0. The Labute approximate surface area is 218 Å². The van der Waals surface area contributed by atoms with E-state index in [1.54, 1.807) is 17.0 Å². The zero-order chi connectivity index (χ0) is 25.9. The third kappa shape index (κ3) is 5.98. The minimum atomic E-state index is -4.19. The number of anilines is 1. The van der Waals surface area contributed by atoms with Crippen molar-refractivity contribution in [2.75, 3.05) is 37.6 Å². The minimum absolute atomic E-state index is 0.0226. The zero-order valence-corrected chi connectivity index (χ0v) is 21.4. The lowest BCUT2D eigenvalue weighted by atomic mass is 10.2. The monoisotopic (exact) mass is 553 g/mol. The van der Waals surface area contributed by atoms with Crippen LogP contribution in [0.3, 0.4) is 0 Å². The van der Waals surface area contributed by atoms with Gasteiger partial charge in [-0.25, -0.2) is 17.2 Å². The van der Waals surface area contributed by atoms with Crippen molar-refractivity contribution >= 4 is 44.8 Å². The average Bonchev–Trinajstić information content (AvgIpc) is 2.86. The SMILES string of the molecule is O=C(CN(Cc1c(F)cccc1Cl)S(=O)(=O)c1ccc(Cl)cc1)N1CCN(c2ccc(F)cc2)CC1. The Morgan fingerprint density at radius 1 is 0.889 bits per heavy atom. The van der Waals surface area contributed by atoms with Gasteiger partial charge >= 0.3 is 0 Å². The van der Waals surface area contributed by atoms with E-state index in [-0.39, 0.29) is 21.3 Å². The molecule has 0 spiro atoms. The predicted octanol–water partition coefficient (Wildman–Crippen LogP) is 4.81. The maximum atomic E-state index is 14.5. The molecule has 1 fully saturated rings. The highest BCUT2D eigenvalue weighted by atomic mass is 35.5. The van der Waals surface area contributed by atoms with E-state index in [2.05, 4.69) is 0 Å². The van der Waals surface area contributed by atoms with Crippen LogP contribution < -0.4 is 4.90 Å².